The Labute approximate surface area is 276 Å². The average molecular weight is 621 g/mol. The molecule has 0 saturated heterocycles. The minimum Gasteiger partial charge on any atom is -0.508 e. The molecule has 0 bridgehead atoms. The van der Waals surface area contributed by atoms with Crippen LogP contribution in [0.3, 0.4) is 0 Å². The van der Waals surface area contributed by atoms with Gasteiger partial charge in [0.2, 0.25) is 0 Å². The van der Waals surface area contributed by atoms with Crippen LogP contribution in [0.15, 0.2) is 132 Å². The third-order valence-corrected chi connectivity index (χ3v) is 9.33. The van der Waals surface area contributed by atoms with Crippen LogP contribution in [0.5, 0.6) is 11.5 Å². The maximum atomic E-state index is 10.6. The Morgan fingerprint density at radius 1 is 0.587 bits per heavy atom. The van der Waals surface area contributed by atoms with Crippen LogP contribution in [0.1, 0.15) is 74.9 Å². The minimum atomic E-state index is -0.894. The predicted molar refractivity (Wildman–Crippen MR) is 196 cm³/mol. The molecule has 0 atom stereocenters. The number of aliphatic hydroxyl groups is 2. The van der Waals surface area contributed by atoms with E-state index in [0.29, 0.717) is 27.9 Å². The summed E-state index contributed by atoms with van der Waals surface area (Å²) in [6, 6.07) is 7.91. The van der Waals surface area contributed by atoms with E-state index in [4.69, 9.17) is 0 Å². The molecule has 0 spiro atoms. The van der Waals surface area contributed by atoms with Gasteiger partial charge in [0.1, 0.15) is 23.0 Å². The summed E-state index contributed by atoms with van der Waals surface area (Å²) in [7, 11) is 0. The maximum absolute atomic E-state index is 10.6. The number of aryl methyl sites for hydroxylation is 4. The topological polar surface area (TPSA) is 80.9 Å². The van der Waals surface area contributed by atoms with Gasteiger partial charge < -0.3 is 20.4 Å². The second-order valence-electron chi connectivity index (χ2n) is 12.6. The molecule has 0 aromatic heterocycles. The van der Waals surface area contributed by atoms with Crippen molar-refractivity contribution in [3.8, 4) is 11.5 Å². The molecule has 0 aliphatic carbocycles. The van der Waals surface area contributed by atoms with Crippen LogP contribution in [-0.2, 0) is 5.41 Å². The van der Waals surface area contributed by atoms with Gasteiger partial charge in [0, 0.05) is 10.8 Å². The van der Waals surface area contributed by atoms with Crippen molar-refractivity contribution in [1.82, 2.24) is 0 Å². The zero-order chi connectivity index (χ0) is 35.3. The highest BCUT2D eigenvalue weighted by Crippen LogP contribution is 2.46. The highest BCUT2D eigenvalue weighted by molar-refractivity contribution is 5.59. The molecule has 2 rings (SSSR count). The second kappa shape index (κ2) is 14.6. The molecular formula is C42H52O4. The van der Waals surface area contributed by atoms with Crippen molar-refractivity contribution in [2.24, 2.45) is 5.41 Å². The number of aliphatic hydroxyl groups excluding tert-OH is 2. The Bertz CT molecular complexity index is 1580. The van der Waals surface area contributed by atoms with Crippen LogP contribution in [0.4, 0.5) is 0 Å². The summed E-state index contributed by atoms with van der Waals surface area (Å²) in [5, 5.41) is 41.9. The lowest BCUT2D eigenvalue weighted by atomic mass is 9.68. The fourth-order valence-electron chi connectivity index (χ4n) is 5.59. The smallest absolute Gasteiger partial charge is 0.121 e. The highest BCUT2D eigenvalue weighted by atomic mass is 16.3. The number of rotatable bonds is 12. The molecule has 244 valence electrons. The first-order valence-electron chi connectivity index (χ1n) is 15.4. The lowest BCUT2D eigenvalue weighted by molar-refractivity contribution is 0.422. The number of phenolic OH excluding ortho intramolecular Hbond substituents is 2. The fourth-order valence-corrected chi connectivity index (χ4v) is 5.59. The van der Waals surface area contributed by atoms with Gasteiger partial charge in [-0.1, -0.05) is 74.9 Å². The molecule has 0 aliphatic heterocycles. The number of phenols is 2. The van der Waals surface area contributed by atoms with E-state index in [9.17, 15) is 20.4 Å². The molecule has 4 nitrogen and oxygen atoms in total. The summed E-state index contributed by atoms with van der Waals surface area (Å²) in [5.41, 5.74) is 7.33. The zero-order valence-electron chi connectivity index (χ0n) is 29.4. The standard InChI is InChI=1S/C42H52O4/c1-15-37(43)25(3)19-33(11)41(13,34(12)20-26(4)38(44)16-2)31(9)17-18-32(10)42(14,35-21-27(5)39(45)28(6)22-35)36-23-29(7)40(46)30(8)24-36/h15-24,43-46H,9-12H2,1-8,13-14H3. The van der Waals surface area contributed by atoms with Crippen LogP contribution in [0, 0.1) is 33.1 Å². The molecule has 2 aromatic rings. The number of hydrogen-bond donors (Lipinski definition) is 4. The van der Waals surface area contributed by atoms with Crippen molar-refractivity contribution in [2.45, 2.75) is 74.7 Å². The van der Waals surface area contributed by atoms with E-state index in [0.717, 1.165) is 39.0 Å². The molecular weight excluding hydrogens is 568 g/mol. The van der Waals surface area contributed by atoms with Crippen molar-refractivity contribution in [2.75, 3.05) is 0 Å². The summed E-state index contributed by atoms with van der Waals surface area (Å²) in [5.74, 6) is 0.811. The van der Waals surface area contributed by atoms with Crippen molar-refractivity contribution >= 4 is 0 Å². The summed E-state index contributed by atoms with van der Waals surface area (Å²) in [6.45, 7) is 36.5. The molecule has 0 heterocycles. The van der Waals surface area contributed by atoms with E-state index in [1.54, 1.807) is 26.0 Å². The van der Waals surface area contributed by atoms with E-state index in [-0.39, 0.29) is 23.0 Å². The molecule has 2 aromatic carbocycles. The minimum absolute atomic E-state index is 0.150. The highest BCUT2D eigenvalue weighted by Gasteiger charge is 2.35. The predicted octanol–water partition coefficient (Wildman–Crippen LogP) is 11.2. The molecule has 0 unspecified atom stereocenters. The molecule has 4 heteroatoms. The van der Waals surface area contributed by atoms with E-state index in [1.165, 1.54) is 0 Å². The van der Waals surface area contributed by atoms with Gasteiger partial charge in [-0.15, -0.1) is 0 Å². The van der Waals surface area contributed by atoms with Crippen LogP contribution in [0.2, 0.25) is 0 Å². The lowest BCUT2D eigenvalue weighted by Crippen LogP contribution is -2.26. The number of hydrogen-bond acceptors (Lipinski definition) is 4. The maximum Gasteiger partial charge on any atom is 0.121 e. The molecule has 4 N–H and O–H groups in total. The van der Waals surface area contributed by atoms with E-state index >= 15 is 0 Å². The number of aromatic hydroxyl groups is 2. The summed E-state index contributed by atoms with van der Waals surface area (Å²) in [4.78, 5) is 0. The molecule has 0 aliphatic rings. The fraction of sp³-hybridized carbons (Fsp3) is 0.286. The molecule has 0 saturated carbocycles. The molecule has 0 amide bonds. The third-order valence-electron chi connectivity index (χ3n) is 9.33. The van der Waals surface area contributed by atoms with Gasteiger partial charge >= 0.3 is 0 Å². The largest absolute Gasteiger partial charge is 0.508 e. The third kappa shape index (κ3) is 7.39. The quantitative estimate of drug-likeness (QED) is 0.141. The summed E-state index contributed by atoms with van der Waals surface area (Å²) < 4.78 is 0. The van der Waals surface area contributed by atoms with E-state index in [1.807, 2.05) is 97.0 Å². The molecule has 46 heavy (non-hydrogen) atoms. The van der Waals surface area contributed by atoms with Gasteiger partial charge in [0.15, 0.2) is 0 Å². The number of allylic oxidation sites excluding steroid dienone is 12. The van der Waals surface area contributed by atoms with E-state index in [2.05, 4.69) is 33.2 Å². The first-order valence-corrected chi connectivity index (χ1v) is 15.4. The van der Waals surface area contributed by atoms with Crippen LogP contribution in [-0.4, -0.2) is 20.4 Å². The SMILES string of the molecule is C=C(C=CC(=C)C(C)(c1cc(C)c(O)c(C)c1)c1cc(C)c(O)c(C)c1)C(C)(C(=C)C=C(C)C(O)=CC)C(=C)C=C(C)C(O)=CC. The van der Waals surface area contributed by atoms with Gasteiger partial charge in [0.05, 0.1) is 0 Å². The first-order chi connectivity index (χ1) is 21.3. The van der Waals surface area contributed by atoms with E-state index < -0.39 is 10.8 Å². The Morgan fingerprint density at radius 3 is 1.20 bits per heavy atom. The zero-order valence-corrected chi connectivity index (χ0v) is 29.4. The monoisotopic (exact) mass is 620 g/mol. The van der Waals surface area contributed by atoms with Crippen LogP contribution >= 0.6 is 0 Å². The van der Waals surface area contributed by atoms with Crippen LogP contribution in [0.25, 0.3) is 0 Å². The van der Waals surface area contributed by atoms with Gasteiger partial charge in [-0.2, -0.15) is 0 Å². The van der Waals surface area contributed by atoms with Gasteiger partial charge in [0.25, 0.3) is 0 Å². The first kappa shape index (κ1) is 37.5. The van der Waals surface area contributed by atoms with Gasteiger partial charge in [-0.3, -0.25) is 0 Å². The molecule has 0 fully saturated rings. The van der Waals surface area contributed by atoms with Crippen molar-refractivity contribution < 1.29 is 20.4 Å². The second-order valence-corrected chi connectivity index (χ2v) is 12.6. The lowest BCUT2D eigenvalue weighted by Gasteiger charge is -2.35. The van der Waals surface area contributed by atoms with Crippen LogP contribution < -0.4 is 0 Å². The summed E-state index contributed by atoms with van der Waals surface area (Å²) >= 11 is 0. The Morgan fingerprint density at radius 2 is 0.891 bits per heavy atom. The van der Waals surface area contributed by atoms with Crippen molar-refractivity contribution in [1.29, 1.82) is 0 Å². The Balaban J connectivity index is 2.81. The van der Waals surface area contributed by atoms with Gasteiger partial charge in [-0.05, 0) is 148 Å². The van der Waals surface area contributed by atoms with Crippen molar-refractivity contribution in [3.05, 3.63) is 165 Å². The summed E-state index contributed by atoms with van der Waals surface area (Å²) in [6.07, 6.45) is 10.7. The normalized spacial score (nSPS) is 14.7. The Hall–Kier alpha value is -4.70. The average Bonchev–Trinajstić information content (AvgIpc) is 3.01. The Kier molecular flexibility index (Phi) is 11.9. The van der Waals surface area contributed by atoms with Crippen molar-refractivity contribution in [3.63, 3.8) is 0 Å². The van der Waals surface area contributed by atoms with Gasteiger partial charge in [-0.25, -0.2) is 0 Å². The number of benzene rings is 2. The molecule has 0 radical (unpaired) electrons.